The molecule has 1 rings (SSSR count). The van der Waals surface area contributed by atoms with Crippen molar-refractivity contribution in [2.75, 3.05) is 7.05 Å². The zero-order valence-corrected chi connectivity index (χ0v) is 13.4. The van der Waals surface area contributed by atoms with Gasteiger partial charge in [-0.15, -0.1) is 0 Å². The van der Waals surface area contributed by atoms with Crippen molar-refractivity contribution in [3.63, 3.8) is 0 Å². The van der Waals surface area contributed by atoms with E-state index in [9.17, 15) is 9.90 Å². The van der Waals surface area contributed by atoms with Crippen molar-refractivity contribution < 1.29 is 9.90 Å². The highest BCUT2D eigenvalue weighted by Crippen LogP contribution is 2.43. The van der Waals surface area contributed by atoms with Crippen LogP contribution in [0.4, 0.5) is 0 Å². The molecule has 0 aromatic heterocycles. The van der Waals surface area contributed by atoms with E-state index in [1.54, 1.807) is 0 Å². The molecule has 0 saturated heterocycles. The predicted octanol–water partition coefficient (Wildman–Crippen LogP) is 3.63. The van der Waals surface area contributed by atoms with Gasteiger partial charge in [0.15, 0.2) is 0 Å². The number of rotatable bonds is 5. The molecule has 0 aromatic rings. The third-order valence-corrected chi connectivity index (χ3v) is 5.49. The Bertz CT molecular complexity index is 312. The maximum absolute atomic E-state index is 11.5. The second-order valence-electron chi connectivity index (χ2n) is 7.12. The van der Waals surface area contributed by atoms with Gasteiger partial charge in [0.25, 0.3) is 0 Å². The Morgan fingerprint density at radius 3 is 2.37 bits per heavy atom. The molecule has 1 saturated carbocycles. The largest absolute Gasteiger partial charge is 0.481 e. The molecular formula is C16H31NO2. The summed E-state index contributed by atoms with van der Waals surface area (Å²) in [6.07, 6.45) is 4.06. The van der Waals surface area contributed by atoms with Crippen LogP contribution in [0.15, 0.2) is 0 Å². The second-order valence-corrected chi connectivity index (χ2v) is 7.12. The van der Waals surface area contributed by atoms with Crippen LogP contribution in [-0.2, 0) is 4.79 Å². The Kier molecular flexibility index (Phi) is 5.43. The number of aliphatic carboxylic acids is 1. The van der Waals surface area contributed by atoms with Gasteiger partial charge in [-0.25, -0.2) is 0 Å². The van der Waals surface area contributed by atoms with Crippen LogP contribution in [0.1, 0.15) is 60.3 Å². The van der Waals surface area contributed by atoms with E-state index in [0.29, 0.717) is 17.4 Å². The number of hydrogen-bond acceptors (Lipinski definition) is 2. The molecule has 19 heavy (non-hydrogen) atoms. The minimum absolute atomic E-state index is 0.182. The van der Waals surface area contributed by atoms with E-state index in [4.69, 9.17) is 0 Å². The van der Waals surface area contributed by atoms with Gasteiger partial charge < -0.3 is 10.0 Å². The molecule has 1 fully saturated rings. The molecule has 0 heterocycles. The van der Waals surface area contributed by atoms with Gasteiger partial charge in [-0.3, -0.25) is 4.79 Å². The second kappa shape index (κ2) is 6.25. The van der Waals surface area contributed by atoms with E-state index >= 15 is 0 Å². The van der Waals surface area contributed by atoms with Gasteiger partial charge in [0.2, 0.25) is 0 Å². The smallest absolute Gasteiger partial charge is 0.308 e. The number of hydrogen-bond donors (Lipinski definition) is 1. The molecule has 3 atom stereocenters. The van der Waals surface area contributed by atoms with Crippen LogP contribution in [0.5, 0.6) is 0 Å². The highest BCUT2D eigenvalue weighted by Gasteiger charge is 2.41. The minimum atomic E-state index is -0.620. The lowest BCUT2D eigenvalue weighted by molar-refractivity contribution is -0.147. The van der Waals surface area contributed by atoms with Gasteiger partial charge in [-0.05, 0) is 51.5 Å². The Morgan fingerprint density at radius 2 is 1.95 bits per heavy atom. The monoisotopic (exact) mass is 269 g/mol. The lowest BCUT2D eigenvalue weighted by atomic mass is 9.65. The predicted molar refractivity (Wildman–Crippen MR) is 79.2 cm³/mol. The Labute approximate surface area is 118 Å². The summed E-state index contributed by atoms with van der Waals surface area (Å²) in [6, 6.07) is 0.581. The molecule has 1 aliphatic carbocycles. The SMILES string of the molecule is CCC(C)(C)C1CCC(C(=O)O)C(N(C)C(C)C)C1. The highest BCUT2D eigenvalue weighted by molar-refractivity contribution is 5.71. The van der Waals surface area contributed by atoms with Crippen LogP contribution in [0, 0.1) is 17.3 Å². The maximum atomic E-state index is 11.5. The molecule has 0 radical (unpaired) electrons. The fourth-order valence-electron chi connectivity index (χ4n) is 3.27. The fraction of sp³-hybridized carbons (Fsp3) is 0.938. The summed E-state index contributed by atoms with van der Waals surface area (Å²) >= 11 is 0. The molecule has 0 spiro atoms. The number of carboxylic acid groups (broad SMARTS) is 1. The van der Waals surface area contributed by atoms with Crippen molar-refractivity contribution in [2.45, 2.75) is 72.4 Å². The van der Waals surface area contributed by atoms with Crippen LogP contribution in [0.3, 0.4) is 0 Å². The van der Waals surface area contributed by atoms with Gasteiger partial charge >= 0.3 is 5.97 Å². The molecule has 0 bridgehead atoms. The lowest BCUT2D eigenvalue weighted by Gasteiger charge is -2.46. The standard InChI is InChI=1S/C16H31NO2/c1-7-16(4,5)12-8-9-13(15(18)19)14(10-12)17(6)11(2)3/h11-14H,7-10H2,1-6H3,(H,18,19). The first-order valence-electron chi connectivity index (χ1n) is 7.65. The third kappa shape index (κ3) is 3.71. The number of carbonyl (C=O) groups is 1. The third-order valence-electron chi connectivity index (χ3n) is 5.49. The fourth-order valence-corrected chi connectivity index (χ4v) is 3.27. The average molecular weight is 269 g/mol. The topological polar surface area (TPSA) is 40.5 Å². The molecule has 1 N–H and O–H groups in total. The minimum Gasteiger partial charge on any atom is -0.481 e. The van der Waals surface area contributed by atoms with Crippen molar-refractivity contribution in [2.24, 2.45) is 17.3 Å². The van der Waals surface area contributed by atoms with Crippen LogP contribution in [0.25, 0.3) is 0 Å². The maximum Gasteiger partial charge on any atom is 0.308 e. The van der Waals surface area contributed by atoms with E-state index in [-0.39, 0.29) is 12.0 Å². The van der Waals surface area contributed by atoms with Gasteiger partial charge in [0.1, 0.15) is 0 Å². The molecular weight excluding hydrogens is 238 g/mol. The summed E-state index contributed by atoms with van der Waals surface area (Å²) in [5, 5.41) is 9.46. The first kappa shape index (κ1) is 16.5. The average Bonchev–Trinajstić information content (AvgIpc) is 2.36. The molecule has 0 aliphatic heterocycles. The van der Waals surface area contributed by atoms with Crippen LogP contribution < -0.4 is 0 Å². The zero-order valence-electron chi connectivity index (χ0n) is 13.4. The molecule has 3 nitrogen and oxygen atoms in total. The van der Waals surface area contributed by atoms with Gasteiger partial charge in [0.05, 0.1) is 5.92 Å². The van der Waals surface area contributed by atoms with E-state index in [2.05, 4.69) is 46.6 Å². The summed E-state index contributed by atoms with van der Waals surface area (Å²) in [5.41, 5.74) is 0.319. The quantitative estimate of drug-likeness (QED) is 0.828. The van der Waals surface area contributed by atoms with E-state index in [1.165, 1.54) is 0 Å². The first-order chi connectivity index (χ1) is 8.70. The Balaban J connectivity index is 2.89. The first-order valence-corrected chi connectivity index (χ1v) is 7.65. The molecule has 3 heteroatoms. The van der Waals surface area contributed by atoms with Crippen molar-refractivity contribution in [1.29, 1.82) is 0 Å². The van der Waals surface area contributed by atoms with Crippen LogP contribution in [-0.4, -0.2) is 35.1 Å². The Hall–Kier alpha value is -0.570. The summed E-state index contributed by atoms with van der Waals surface area (Å²) in [7, 11) is 2.08. The van der Waals surface area contributed by atoms with Gasteiger partial charge in [0, 0.05) is 12.1 Å². The van der Waals surface area contributed by atoms with Crippen molar-refractivity contribution in [3.05, 3.63) is 0 Å². The number of carboxylic acids is 1. The summed E-state index contributed by atoms with van der Waals surface area (Å²) in [6.45, 7) is 11.2. The van der Waals surface area contributed by atoms with Crippen molar-refractivity contribution >= 4 is 5.97 Å². The zero-order chi connectivity index (χ0) is 14.8. The Morgan fingerprint density at radius 1 is 1.37 bits per heavy atom. The van der Waals surface area contributed by atoms with E-state index in [1.807, 2.05) is 0 Å². The highest BCUT2D eigenvalue weighted by atomic mass is 16.4. The molecule has 112 valence electrons. The summed E-state index contributed by atoms with van der Waals surface area (Å²) < 4.78 is 0. The molecule has 1 aliphatic rings. The summed E-state index contributed by atoms with van der Waals surface area (Å²) in [5.74, 6) is -0.180. The summed E-state index contributed by atoms with van der Waals surface area (Å²) in [4.78, 5) is 13.8. The van der Waals surface area contributed by atoms with E-state index in [0.717, 1.165) is 25.7 Å². The van der Waals surface area contributed by atoms with E-state index < -0.39 is 5.97 Å². The number of nitrogens with zero attached hydrogens (tertiary/aromatic N) is 1. The lowest BCUT2D eigenvalue weighted by Crippen LogP contribution is -2.49. The molecule has 0 amide bonds. The molecule has 0 aromatic carbocycles. The van der Waals surface area contributed by atoms with Crippen LogP contribution in [0.2, 0.25) is 0 Å². The normalized spacial score (nSPS) is 28.9. The van der Waals surface area contributed by atoms with Crippen molar-refractivity contribution in [3.8, 4) is 0 Å². The van der Waals surface area contributed by atoms with Crippen LogP contribution >= 0.6 is 0 Å². The van der Waals surface area contributed by atoms with Crippen molar-refractivity contribution in [1.82, 2.24) is 4.90 Å². The van der Waals surface area contributed by atoms with Gasteiger partial charge in [-0.2, -0.15) is 0 Å². The molecule has 3 unspecified atom stereocenters. The van der Waals surface area contributed by atoms with Gasteiger partial charge in [-0.1, -0.05) is 27.2 Å².